The Balaban J connectivity index is 1.78. The van der Waals surface area contributed by atoms with E-state index in [1.807, 2.05) is 6.92 Å². The number of anilines is 2. The third-order valence-corrected chi connectivity index (χ3v) is 6.64. The van der Waals surface area contributed by atoms with E-state index in [0.717, 1.165) is 35.4 Å². The molecule has 1 saturated heterocycles. The Bertz CT molecular complexity index is 1150. The highest BCUT2D eigenvalue weighted by molar-refractivity contribution is 6.39. The van der Waals surface area contributed by atoms with Gasteiger partial charge < -0.3 is 4.90 Å². The number of benzene rings is 2. The van der Waals surface area contributed by atoms with Crippen molar-refractivity contribution in [1.29, 1.82) is 0 Å². The molecule has 2 aliphatic rings. The second-order valence-corrected chi connectivity index (χ2v) is 9.63. The van der Waals surface area contributed by atoms with Crippen molar-refractivity contribution >= 4 is 35.3 Å². The fourth-order valence-electron chi connectivity index (χ4n) is 5.08. The fraction of sp³-hybridized carbons (Fsp3) is 0.370. The molecule has 0 radical (unpaired) electrons. The molecule has 1 fully saturated rings. The van der Waals surface area contributed by atoms with Crippen LogP contribution in [0.1, 0.15) is 63.1 Å². The Hall–Kier alpha value is -3.41. The minimum Gasteiger partial charge on any atom is -0.366 e. The van der Waals surface area contributed by atoms with Gasteiger partial charge >= 0.3 is 6.03 Å². The number of fused-ring (bicyclic) bond motifs is 1. The predicted octanol–water partition coefficient (Wildman–Crippen LogP) is 5.16. The Morgan fingerprint density at radius 3 is 2.48 bits per heavy atom. The van der Waals surface area contributed by atoms with Crippen LogP contribution < -0.4 is 15.1 Å². The van der Waals surface area contributed by atoms with Gasteiger partial charge in [-0.25, -0.2) is 9.69 Å². The molecule has 2 aromatic rings. The minimum absolute atomic E-state index is 0.0456. The summed E-state index contributed by atoms with van der Waals surface area (Å²) in [5.41, 5.74) is 4.68. The third kappa shape index (κ3) is 4.06. The molecule has 1 unspecified atom stereocenters. The van der Waals surface area contributed by atoms with Crippen molar-refractivity contribution in [3.63, 3.8) is 0 Å². The number of rotatable bonds is 4. The lowest BCUT2D eigenvalue weighted by Crippen LogP contribution is -2.54. The van der Waals surface area contributed by atoms with Crippen LogP contribution in [-0.2, 0) is 9.59 Å². The molecule has 6 heteroatoms. The van der Waals surface area contributed by atoms with Crippen LogP contribution in [0, 0.1) is 6.92 Å². The lowest BCUT2D eigenvalue weighted by molar-refractivity contribution is -0.122. The van der Waals surface area contributed by atoms with E-state index in [9.17, 15) is 14.4 Å². The number of nitrogens with one attached hydrogen (secondary N) is 1. The van der Waals surface area contributed by atoms with E-state index >= 15 is 0 Å². The summed E-state index contributed by atoms with van der Waals surface area (Å²) in [4.78, 5) is 41.7. The number of imide groups is 2. The van der Waals surface area contributed by atoms with Crippen LogP contribution in [0.2, 0.25) is 0 Å². The fourth-order valence-corrected chi connectivity index (χ4v) is 5.08. The summed E-state index contributed by atoms with van der Waals surface area (Å²) in [6.07, 6.45) is 3.70. The molecule has 0 aliphatic carbocycles. The molecule has 1 N–H and O–H groups in total. The zero-order valence-corrected chi connectivity index (χ0v) is 19.9. The topological polar surface area (TPSA) is 69.7 Å². The van der Waals surface area contributed by atoms with Crippen LogP contribution in [0.25, 0.3) is 6.08 Å². The summed E-state index contributed by atoms with van der Waals surface area (Å²) in [7, 11) is 0. The number of para-hydroxylation sites is 1. The average molecular weight is 446 g/mol. The van der Waals surface area contributed by atoms with Crippen molar-refractivity contribution in [2.24, 2.45) is 0 Å². The Labute approximate surface area is 195 Å². The number of carbonyl (C=O) groups is 3. The monoisotopic (exact) mass is 445 g/mol. The molecule has 0 saturated carbocycles. The first-order valence-corrected chi connectivity index (χ1v) is 11.5. The van der Waals surface area contributed by atoms with Gasteiger partial charge in [-0.3, -0.25) is 14.9 Å². The number of barbiturate groups is 1. The molecule has 0 spiro atoms. The van der Waals surface area contributed by atoms with Gasteiger partial charge in [-0.15, -0.1) is 0 Å². The first-order chi connectivity index (χ1) is 15.6. The van der Waals surface area contributed by atoms with Crippen LogP contribution in [-0.4, -0.2) is 29.9 Å². The number of nitrogens with zero attached hydrogens (tertiary/aromatic N) is 2. The molecule has 172 valence electrons. The summed E-state index contributed by atoms with van der Waals surface area (Å²) in [6.45, 7) is 12.0. The van der Waals surface area contributed by atoms with E-state index < -0.39 is 17.8 Å². The minimum atomic E-state index is -0.735. The van der Waals surface area contributed by atoms with Gasteiger partial charge in [0.2, 0.25) is 0 Å². The van der Waals surface area contributed by atoms with Gasteiger partial charge in [0.25, 0.3) is 11.8 Å². The molecule has 2 aromatic carbocycles. The van der Waals surface area contributed by atoms with E-state index in [4.69, 9.17) is 0 Å². The van der Waals surface area contributed by atoms with Crippen molar-refractivity contribution in [2.75, 3.05) is 16.3 Å². The molecular weight excluding hydrogens is 414 g/mol. The Morgan fingerprint density at radius 2 is 1.82 bits per heavy atom. The third-order valence-electron chi connectivity index (χ3n) is 6.64. The Kier molecular flexibility index (Phi) is 5.87. The van der Waals surface area contributed by atoms with Crippen LogP contribution >= 0.6 is 0 Å². The van der Waals surface area contributed by atoms with E-state index in [1.165, 1.54) is 11.3 Å². The first-order valence-electron chi connectivity index (χ1n) is 11.5. The lowest BCUT2D eigenvalue weighted by Gasteiger charge is -2.48. The highest BCUT2D eigenvalue weighted by Crippen LogP contribution is 2.44. The number of carbonyl (C=O) groups excluding carboxylic acids is 3. The molecule has 4 rings (SSSR count). The van der Waals surface area contributed by atoms with Gasteiger partial charge in [-0.1, -0.05) is 32.0 Å². The van der Waals surface area contributed by atoms with Gasteiger partial charge in [0.15, 0.2) is 0 Å². The van der Waals surface area contributed by atoms with Crippen molar-refractivity contribution in [2.45, 2.75) is 58.9 Å². The maximum absolute atomic E-state index is 13.2. The SMILES string of the molecule is CCCN1c2cc(C)c(/C=C3/C(=O)NC(=O)N(c4ccccc4)C3=O)cc2C(C)CC1(C)C. The standard InChI is InChI=1S/C27H31N3O3/c1-6-12-29-23-13-17(2)19(14-21(23)18(3)16-27(29,4)5)15-22-24(31)28-26(33)30(25(22)32)20-10-8-7-9-11-20/h7-11,13-15,18H,6,12,16H2,1-5H3,(H,28,31,33)/b22-15-. The van der Waals surface area contributed by atoms with Crippen LogP contribution in [0.15, 0.2) is 48.0 Å². The highest BCUT2D eigenvalue weighted by atomic mass is 16.2. The first kappa shape index (κ1) is 22.8. The summed E-state index contributed by atoms with van der Waals surface area (Å²) in [5.74, 6) is -0.941. The summed E-state index contributed by atoms with van der Waals surface area (Å²) >= 11 is 0. The second kappa shape index (κ2) is 8.50. The molecule has 0 bridgehead atoms. The molecule has 4 amide bonds. The number of aryl methyl sites for hydroxylation is 1. The van der Waals surface area contributed by atoms with Crippen LogP contribution in [0.5, 0.6) is 0 Å². The molecular formula is C27H31N3O3. The van der Waals surface area contributed by atoms with Crippen LogP contribution in [0.3, 0.4) is 0 Å². The zero-order chi connectivity index (χ0) is 23.9. The molecule has 1 atom stereocenters. The predicted molar refractivity (Wildman–Crippen MR) is 131 cm³/mol. The molecule has 2 heterocycles. The van der Waals surface area contributed by atoms with E-state index in [1.54, 1.807) is 36.4 Å². The quantitative estimate of drug-likeness (QED) is 0.521. The average Bonchev–Trinajstić information content (AvgIpc) is 2.75. The normalized spacial score (nSPS) is 21.3. The number of hydrogen-bond donors (Lipinski definition) is 1. The van der Waals surface area contributed by atoms with Crippen molar-refractivity contribution < 1.29 is 14.4 Å². The zero-order valence-electron chi connectivity index (χ0n) is 19.9. The van der Waals surface area contributed by atoms with E-state index in [-0.39, 0.29) is 11.1 Å². The van der Waals surface area contributed by atoms with Gasteiger partial charge in [-0.2, -0.15) is 0 Å². The second-order valence-electron chi connectivity index (χ2n) is 9.63. The van der Waals surface area contributed by atoms with E-state index in [0.29, 0.717) is 11.6 Å². The molecule has 33 heavy (non-hydrogen) atoms. The van der Waals surface area contributed by atoms with Gasteiger partial charge in [0.05, 0.1) is 5.69 Å². The number of urea groups is 1. The smallest absolute Gasteiger partial charge is 0.335 e. The molecule has 2 aliphatic heterocycles. The van der Waals surface area contributed by atoms with Crippen molar-refractivity contribution in [3.05, 3.63) is 64.7 Å². The van der Waals surface area contributed by atoms with Gasteiger partial charge in [-0.05, 0) is 86.6 Å². The van der Waals surface area contributed by atoms with Crippen molar-refractivity contribution in [3.8, 4) is 0 Å². The summed E-state index contributed by atoms with van der Waals surface area (Å²) in [5, 5.41) is 2.30. The van der Waals surface area contributed by atoms with Crippen molar-refractivity contribution in [1.82, 2.24) is 5.32 Å². The van der Waals surface area contributed by atoms with Gasteiger partial charge in [0.1, 0.15) is 5.57 Å². The van der Waals surface area contributed by atoms with Crippen LogP contribution in [0.4, 0.5) is 16.2 Å². The molecule has 6 nitrogen and oxygen atoms in total. The molecule has 0 aromatic heterocycles. The number of hydrogen-bond acceptors (Lipinski definition) is 4. The lowest BCUT2D eigenvalue weighted by atomic mass is 9.78. The summed E-state index contributed by atoms with van der Waals surface area (Å²) < 4.78 is 0. The maximum atomic E-state index is 13.2. The Morgan fingerprint density at radius 1 is 1.12 bits per heavy atom. The number of amides is 4. The maximum Gasteiger partial charge on any atom is 0.335 e. The van der Waals surface area contributed by atoms with Gasteiger partial charge in [0, 0.05) is 17.8 Å². The highest BCUT2D eigenvalue weighted by Gasteiger charge is 2.38. The largest absolute Gasteiger partial charge is 0.366 e. The van der Waals surface area contributed by atoms with E-state index in [2.05, 4.69) is 50.0 Å². The summed E-state index contributed by atoms with van der Waals surface area (Å²) in [6, 6.07) is 12.2.